The zero-order chi connectivity index (χ0) is 20.8. The van der Waals surface area contributed by atoms with Crippen molar-refractivity contribution in [2.75, 3.05) is 11.1 Å². The number of hydrogen-bond donors (Lipinski definition) is 4. The number of carbonyl (C=O) groups excluding carboxylic acids is 3. The third-order valence-corrected chi connectivity index (χ3v) is 6.98. The molecule has 4 amide bonds. The fraction of sp³-hybridized carbons (Fsp3) is 0.571. The Hall–Kier alpha value is -2.22. The van der Waals surface area contributed by atoms with E-state index in [0.29, 0.717) is 18.1 Å². The van der Waals surface area contributed by atoms with E-state index in [1.165, 1.54) is 0 Å². The summed E-state index contributed by atoms with van der Waals surface area (Å²) in [5.41, 5.74) is 1.77. The molecule has 2 saturated heterocycles. The Morgan fingerprint density at radius 3 is 2.66 bits per heavy atom. The molecule has 2 aliphatic rings. The van der Waals surface area contributed by atoms with Gasteiger partial charge in [0, 0.05) is 29.5 Å². The van der Waals surface area contributed by atoms with Crippen molar-refractivity contribution in [3.8, 4) is 0 Å². The van der Waals surface area contributed by atoms with Crippen LogP contribution in [0.15, 0.2) is 24.3 Å². The first kappa shape index (κ1) is 21.5. The Morgan fingerprint density at radius 2 is 1.93 bits per heavy atom. The van der Waals surface area contributed by atoms with Gasteiger partial charge in [0.1, 0.15) is 0 Å². The van der Waals surface area contributed by atoms with Crippen LogP contribution in [0, 0.1) is 0 Å². The number of benzene rings is 1. The predicted octanol–water partition coefficient (Wildman–Crippen LogP) is 2.94. The zero-order valence-electron chi connectivity index (χ0n) is 17.0. The van der Waals surface area contributed by atoms with Crippen LogP contribution in [-0.2, 0) is 9.59 Å². The number of amides is 4. The maximum atomic E-state index is 12.3. The molecule has 8 heteroatoms. The van der Waals surface area contributed by atoms with Gasteiger partial charge in [-0.2, -0.15) is 11.8 Å². The summed E-state index contributed by atoms with van der Waals surface area (Å²) in [7, 11) is 0. The van der Waals surface area contributed by atoms with Crippen molar-refractivity contribution in [2.45, 2.75) is 69.3 Å². The predicted molar refractivity (Wildman–Crippen MR) is 116 cm³/mol. The molecule has 2 aliphatic heterocycles. The molecule has 29 heavy (non-hydrogen) atoms. The number of rotatable bonds is 9. The second-order valence-corrected chi connectivity index (χ2v) is 8.95. The summed E-state index contributed by atoms with van der Waals surface area (Å²) in [5.74, 6) is 0.998. The molecule has 4 N–H and O–H groups in total. The Kier molecular flexibility index (Phi) is 7.41. The van der Waals surface area contributed by atoms with Crippen LogP contribution in [0.25, 0.3) is 0 Å². The van der Waals surface area contributed by atoms with Crippen molar-refractivity contribution in [2.24, 2.45) is 0 Å². The molecule has 7 nitrogen and oxygen atoms in total. The lowest BCUT2D eigenvalue weighted by Crippen LogP contribution is -2.36. The van der Waals surface area contributed by atoms with Crippen LogP contribution in [-0.4, -0.2) is 40.9 Å². The first-order valence-electron chi connectivity index (χ1n) is 10.3. The maximum absolute atomic E-state index is 12.3. The summed E-state index contributed by atoms with van der Waals surface area (Å²) in [6.07, 6.45) is 3.79. The fourth-order valence-electron chi connectivity index (χ4n) is 3.78. The normalized spacial score (nSPS) is 23.7. The lowest BCUT2D eigenvalue weighted by atomic mass is 10.0. The van der Waals surface area contributed by atoms with Crippen LogP contribution in [0.5, 0.6) is 0 Å². The van der Waals surface area contributed by atoms with Gasteiger partial charge in [0.05, 0.1) is 18.1 Å². The highest BCUT2D eigenvalue weighted by molar-refractivity contribution is 8.00. The van der Waals surface area contributed by atoms with Gasteiger partial charge in [-0.3, -0.25) is 9.59 Å². The van der Waals surface area contributed by atoms with E-state index in [-0.39, 0.29) is 36.0 Å². The summed E-state index contributed by atoms with van der Waals surface area (Å²) in [6, 6.07) is 7.91. The minimum Gasteiger partial charge on any atom is -0.350 e. The Bertz CT molecular complexity index is 740. The molecule has 2 fully saturated rings. The van der Waals surface area contributed by atoms with E-state index < -0.39 is 0 Å². The molecule has 0 unspecified atom stereocenters. The van der Waals surface area contributed by atoms with Crippen molar-refractivity contribution >= 4 is 35.3 Å². The molecule has 0 aliphatic carbocycles. The summed E-state index contributed by atoms with van der Waals surface area (Å²) < 4.78 is 0. The summed E-state index contributed by atoms with van der Waals surface area (Å²) in [5, 5.41) is 12.3. The number of unbranched alkanes of at least 4 members (excludes halogenated alkanes) is 1. The average molecular weight is 419 g/mol. The number of anilines is 1. The number of nitrogens with one attached hydrogen (secondary N) is 4. The second kappa shape index (κ2) is 10.0. The quantitative estimate of drug-likeness (QED) is 0.366. The SMILES string of the molecule is CCC(=O)Nc1ccc([C@H](C)NC(=O)CCCC[C@@H]2SC[C@@H]3NC(=O)N[C@@H]32)cc1. The third-order valence-electron chi connectivity index (χ3n) is 5.47. The summed E-state index contributed by atoms with van der Waals surface area (Å²) in [6.45, 7) is 3.77. The standard InChI is InChI=1S/C21H30N4O3S/c1-3-18(26)23-15-10-8-14(9-11-15)13(2)22-19(27)7-5-4-6-17-20-16(12-29-17)24-21(28)25-20/h8-11,13,16-17,20H,3-7,12H2,1-2H3,(H,22,27)(H,23,26)(H2,24,25,28)/t13-,16-,17-,20-/m0/s1. The monoisotopic (exact) mass is 418 g/mol. The van der Waals surface area contributed by atoms with Crippen molar-refractivity contribution in [1.82, 2.24) is 16.0 Å². The molecule has 0 saturated carbocycles. The van der Waals surface area contributed by atoms with Gasteiger partial charge >= 0.3 is 6.03 Å². The van der Waals surface area contributed by atoms with Gasteiger partial charge in [0.2, 0.25) is 11.8 Å². The van der Waals surface area contributed by atoms with Crippen LogP contribution >= 0.6 is 11.8 Å². The van der Waals surface area contributed by atoms with Crippen molar-refractivity contribution in [1.29, 1.82) is 0 Å². The molecule has 0 radical (unpaired) electrons. The van der Waals surface area contributed by atoms with Crippen LogP contribution in [0.3, 0.4) is 0 Å². The Labute approximate surface area is 176 Å². The second-order valence-electron chi connectivity index (χ2n) is 7.68. The molecule has 0 aromatic heterocycles. The molecule has 4 atom stereocenters. The molecule has 0 bridgehead atoms. The number of fused-ring (bicyclic) bond motifs is 1. The maximum Gasteiger partial charge on any atom is 0.315 e. The Balaban J connectivity index is 1.35. The van der Waals surface area contributed by atoms with Gasteiger partial charge in [-0.15, -0.1) is 0 Å². The van der Waals surface area contributed by atoms with E-state index in [2.05, 4.69) is 21.3 Å². The van der Waals surface area contributed by atoms with Gasteiger partial charge in [0.25, 0.3) is 0 Å². The highest BCUT2D eigenvalue weighted by atomic mass is 32.2. The first-order valence-corrected chi connectivity index (χ1v) is 11.4. The highest BCUT2D eigenvalue weighted by Gasteiger charge is 2.42. The molecule has 158 valence electrons. The van der Waals surface area contributed by atoms with E-state index in [1.54, 1.807) is 0 Å². The number of thioether (sulfide) groups is 1. The van der Waals surface area contributed by atoms with Crippen molar-refractivity contribution in [3.63, 3.8) is 0 Å². The van der Waals surface area contributed by atoms with Gasteiger partial charge in [-0.05, 0) is 37.5 Å². The van der Waals surface area contributed by atoms with Gasteiger partial charge in [-0.1, -0.05) is 25.5 Å². The van der Waals surface area contributed by atoms with Gasteiger partial charge in [0.15, 0.2) is 0 Å². The molecule has 0 spiro atoms. The van der Waals surface area contributed by atoms with Crippen molar-refractivity contribution in [3.05, 3.63) is 29.8 Å². The number of carbonyl (C=O) groups is 3. The van der Waals surface area contributed by atoms with Gasteiger partial charge < -0.3 is 21.3 Å². The van der Waals surface area contributed by atoms with E-state index in [9.17, 15) is 14.4 Å². The number of hydrogen-bond acceptors (Lipinski definition) is 4. The minimum absolute atomic E-state index is 0.0165. The molecular formula is C21H30N4O3S. The molecule has 1 aromatic carbocycles. The molecule has 3 rings (SSSR count). The van der Waals surface area contributed by atoms with Crippen molar-refractivity contribution < 1.29 is 14.4 Å². The first-order chi connectivity index (χ1) is 14.0. The third kappa shape index (κ3) is 5.88. The lowest BCUT2D eigenvalue weighted by Gasteiger charge is -2.17. The average Bonchev–Trinajstić information content (AvgIpc) is 3.25. The number of urea groups is 1. The van der Waals surface area contributed by atoms with Crippen LogP contribution in [0.1, 0.15) is 57.6 Å². The highest BCUT2D eigenvalue weighted by Crippen LogP contribution is 2.33. The van der Waals surface area contributed by atoms with E-state index >= 15 is 0 Å². The summed E-state index contributed by atoms with van der Waals surface area (Å²) >= 11 is 1.91. The molecule has 2 heterocycles. The largest absolute Gasteiger partial charge is 0.350 e. The minimum atomic E-state index is -0.0793. The van der Waals surface area contributed by atoms with E-state index in [1.807, 2.05) is 49.9 Å². The van der Waals surface area contributed by atoms with Crippen LogP contribution in [0.4, 0.5) is 10.5 Å². The summed E-state index contributed by atoms with van der Waals surface area (Å²) in [4.78, 5) is 35.1. The fourth-order valence-corrected chi connectivity index (χ4v) is 5.32. The van der Waals surface area contributed by atoms with E-state index in [4.69, 9.17) is 0 Å². The smallest absolute Gasteiger partial charge is 0.315 e. The van der Waals surface area contributed by atoms with E-state index in [0.717, 1.165) is 36.3 Å². The van der Waals surface area contributed by atoms with Crippen LogP contribution in [0.2, 0.25) is 0 Å². The topological polar surface area (TPSA) is 99.3 Å². The van der Waals surface area contributed by atoms with Crippen LogP contribution < -0.4 is 21.3 Å². The zero-order valence-corrected chi connectivity index (χ0v) is 17.8. The lowest BCUT2D eigenvalue weighted by molar-refractivity contribution is -0.121. The molecule has 1 aromatic rings. The Morgan fingerprint density at radius 1 is 1.17 bits per heavy atom. The molecular weight excluding hydrogens is 388 g/mol. The van der Waals surface area contributed by atoms with Gasteiger partial charge in [-0.25, -0.2) is 4.79 Å².